The fourth-order valence-corrected chi connectivity index (χ4v) is 1.68. The van der Waals surface area contributed by atoms with Crippen LogP contribution in [0.1, 0.15) is 31.9 Å². The third-order valence-corrected chi connectivity index (χ3v) is 2.85. The minimum Gasteiger partial charge on any atom is -0.307 e. The quantitative estimate of drug-likeness (QED) is 0.900. The summed E-state index contributed by atoms with van der Waals surface area (Å²) in [7, 11) is -0.938. The minimum atomic E-state index is -0.938. The van der Waals surface area contributed by atoms with Crippen molar-refractivity contribution in [1.29, 1.82) is 0 Å². The fourth-order valence-electron chi connectivity index (χ4n) is 1.31. The minimum absolute atomic E-state index is 0.194. The summed E-state index contributed by atoms with van der Waals surface area (Å²) >= 11 is 0. The van der Waals surface area contributed by atoms with Gasteiger partial charge in [-0.2, -0.15) is 0 Å². The van der Waals surface area contributed by atoms with E-state index in [0.29, 0.717) is 6.54 Å². The molecule has 1 atom stereocenters. The lowest BCUT2D eigenvalue weighted by atomic mass is 9.87. The van der Waals surface area contributed by atoms with Crippen LogP contribution in [0.5, 0.6) is 0 Å². The summed E-state index contributed by atoms with van der Waals surface area (Å²) in [4.78, 5) is 8.00. The van der Waals surface area contributed by atoms with E-state index in [4.69, 9.17) is 4.79 Å². The molecule has 0 saturated heterocycles. The van der Waals surface area contributed by atoms with Gasteiger partial charge >= 0.3 is 0 Å². The maximum absolute atomic E-state index is 10.8. The number of nitrogens with one attached hydrogen (secondary N) is 1. The van der Waals surface area contributed by atoms with Gasteiger partial charge in [-0.3, -0.25) is 0 Å². The lowest BCUT2D eigenvalue weighted by molar-refractivity contribution is -0.0979. The van der Waals surface area contributed by atoms with Crippen LogP contribution in [-0.2, 0) is 27.7 Å². The second kappa shape index (κ2) is 7.35. The molecule has 1 rings (SSSR count). The highest BCUT2D eigenvalue weighted by atomic mass is 32.2. The van der Waals surface area contributed by atoms with Crippen molar-refractivity contribution < 1.29 is 9.00 Å². The second-order valence-corrected chi connectivity index (χ2v) is 5.92. The van der Waals surface area contributed by atoms with Gasteiger partial charge in [0, 0.05) is 12.8 Å². The topological polar surface area (TPSA) is 46.2 Å². The zero-order valence-electron chi connectivity index (χ0n) is 10.9. The van der Waals surface area contributed by atoms with Crippen LogP contribution >= 0.6 is 0 Å². The monoisotopic (exact) mass is 255 g/mol. The number of hydrogen-bond donors (Lipinski definition) is 1. The predicted octanol–water partition coefficient (Wildman–Crippen LogP) is 2.18. The molecule has 0 aliphatic heterocycles. The Morgan fingerprint density at radius 3 is 2.00 bits per heavy atom. The average molecular weight is 255 g/mol. The van der Waals surface area contributed by atoms with Crippen molar-refractivity contribution in [3.05, 3.63) is 35.4 Å². The molecule has 1 N–H and O–H groups in total. The summed E-state index contributed by atoms with van der Waals surface area (Å²) < 4.78 is 13.7. The van der Waals surface area contributed by atoms with Gasteiger partial charge in [-0.1, -0.05) is 45.0 Å². The number of benzene rings is 1. The highest BCUT2D eigenvalue weighted by Gasteiger charge is 2.12. The molecule has 1 aromatic rings. The molecular formula is C13H21NO2S. The van der Waals surface area contributed by atoms with Crippen molar-refractivity contribution in [3.63, 3.8) is 0 Å². The number of carbonyl (C=O) groups excluding carboxylic acids is 1. The van der Waals surface area contributed by atoms with E-state index in [1.807, 2.05) is 6.79 Å². The SMILES string of the molecule is C=O.CS(=O)NCc1ccc(C(C)(C)C)cc1. The molecule has 0 fully saturated rings. The molecule has 0 amide bonds. The van der Waals surface area contributed by atoms with Crippen molar-refractivity contribution in [3.8, 4) is 0 Å². The Labute approximate surface area is 106 Å². The number of hydrogen-bond acceptors (Lipinski definition) is 2. The van der Waals surface area contributed by atoms with Gasteiger partial charge in [0.05, 0.1) is 11.0 Å². The first-order valence-electron chi connectivity index (χ1n) is 5.35. The van der Waals surface area contributed by atoms with Crippen molar-refractivity contribution in [2.75, 3.05) is 6.26 Å². The molecule has 0 saturated carbocycles. The standard InChI is InChI=1S/C12H19NOS.CH2O/c1-12(2,3)11-7-5-10(6-8-11)9-13-15(4)14;1-2/h5-8,13H,9H2,1-4H3;1H2. The molecule has 0 spiro atoms. The van der Waals surface area contributed by atoms with Crippen molar-refractivity contribution in [2.24, 2.45) is 0 Å². The Bertz CT molecular complexity index is 355. The van der Waals surface area contributed by atoms with E-state index in [-0.39, 0.29) is 5.41 Å². The summed E-state index contributed by atoms with van der Waals surface area (Å²) in [6, 6.07) is 8.44. The molecule has 1 unspecified atom stereocenters. The largest absolute Gasteiger partial charge is 0.307 e. The third-order valence-electron chi connectivity index (χ3n) is 2.30. The maximum Gasteiger partial charge on any atom is 0.106 e. The molecule has 3 nitrogen and oxygen atoms in total. The molecular weight excluding hydrogens is 234 g/mol. The van der Waals surface area contributed by atoms with E-state index in [2.05, 4.69) is 49.8 Å². The van der Waals surface area contributed by atoms with Gasteiger partial charge < -0.3 is 4.79 Å². The highest BCUT2D eigenvalue weighted by Crippen LogP contribution is 2.21. The van der Waals surface area contributed by atoms with Gasteiger partial charge in [0.15, 0.2) is 0 Å². The van der Waals surface area contributed by atoms with Crippen LogP contribution in [0.4, 0.5) is 0 Å². The Balaban J connectivity index is 0.00000121. The Morgan fingerprint density at radius 1 is 1.18 bits per heavy atom. The first kappa shape index (κ1) is 16.0. The van der Waals surface area contributed by atoms with E-state index in [1.54, 1.807) is 6.26 Å². The predicted molar refractivity (Wildman–Crippen MR) is 73.2 cm³/mol. The molecule has 4 heteroatoms. The maximum atomic E-state index is 10.8. The van der Waals surface area contributed by atoms with Crippen LogP contribution in [0.25, 0.3) is 0 Å². The van der Waals surface area contributed by atoms with Crippen molar-refractivity contribution in [2.45, 2.75) is 32.7 Å². The van der Waals surface area contributed by atoms with Gasteiger partial charge in [0.25, 0.3) is 0 Å². The number of rotatable bonds is 3. The molecule has 0 heterocycles. The lowest BCUT2D eigenvalue weighted by Gasteiger charge is -2.19. The molecule has 0 bridgehead atoms. The first-order valence-corrected chi connectivity index (χ1v) is 6.90. The van der Waals surface area contributed by atoms with Gasteiger partial charge in [-0.05, 0) is 16.5 Å². The smallest absolute Gasteiger partial charge is 0.106 e. The Hall–Kier alpha value is -1.00. The van der Waals surface area contributed by atoms with Gasteiger partial charge in [-0.15, -0.1) is 0 Å². The van der Waals surface area contributed by atoms with E-state index in [1.165, 1.54) is 11.1 Å². The van der Waals surface area contributed by atoms with Crippen LogP contribution in [0.3, 0.4) is 0 Å². The first-order chi connectivity index (χ1) is 7.89. The molecule has 96 valence electrons. The summed E-state index contributed by atoms with van der Waals surface area (Å²) in [5.41, 5.74) is 2.68. The normalized spacial score (nSPS) is 12.5. The molecule has 0 aromatic heterocycles. The number of carbonyl (C=O) groups is 1. The van der Waals surface area contributed by atoms with Crippen LogP contribution in [0.2, 0.25) is 0 Å². The molecule has 17 heavy (non-hydrogen) atoms. The van der Waals surface area contributed by atoms with Gasteiger partial charge in [0.2, 0.25) is 0 Å². The van der Waals surface area contributed by atoms with Crippen LogP contribution in [0, 0.1) is 0 Å². The average Bonchev–Trinajstić information content (AvgIpc) is 2.28. The zero-order valence-corrected chi connectivity index (χ0v) is 11.8. The zero-order chi connectivity index (χ0) is 13.5. The van der Waals surface area contributed by atoms with Crippen molar-refractivity contribution in [1.82, 2.24) is 4.72 Å². The Kier molecular flexibility index (Phi) is 6.92. The highest BCUT2D eigenvalue weighted by molar-refractivity contribution is 7.82. The van der Waals surface area contributed by atoms with E-state index in [9.17, 15) is 4.21 Å². The van der Waals surface area contributed by atoms with Crippen LogP contribution in [0.15, 0.2) is 24.3 Å². The third kappa shape index (κ3) is 6.34. The van der Waals surface area contributed by atoms with E-state index >= 15 is 0 Å². The lowest BCUT2D eigenvalue weighted by Crippen LogP contribution is -2.15. The van der Waals surface area contributed by atoms with E-state index in [0.717, 1.165) is 0 Å². The Morgan fingerprint density at radius 2 is 1.65 bits per heavy atom. The fraction of sp³-hybridized carbons (Fsp3) is 0.462. The summed E-state index contributed by atoms with van der Waals surface area (Å²) in [5, 5.41) is 0. The molecule has 0 radical (unpaired) electrons. The molecule has 1 aromatic carbocycles. The summed E-state index contributed by atoms with van der Waals surface area (Å²) in [6.07, 6.45) is 1.64. The molecule has 0 aliphatic rings. The van der Waals surface area contributed by atoms with Gasteiger partial charge in [0.1, 0.15) is 6.79 Å². The van der Waals surface area contributed by atoms with Crippen LogP contribution in [-0.4, -0.2) is 17.3 Å². The van der Waals surface area contributed by atoms with Crippen LogP contribution < -0.4 is 4.72 Å². The van der Waals surface area contributed by atoms with E-state index < -0.39 is 11.0 Å². The van der Waals surface area contributed by atoms with Crippen molar-refractivity contribution >= 4 is 17.8 Å². The van der Waals surface area contributed by atoms with Gasteiger partial charge in [-0.25, -0.2) is 8.93 Å². The summed E-state index contributed by atoms with van der Waals surface area (Å²) in [5.74, 6) is 0. The second-order valence-electron chi connectivity index (χ2n) is 4.72. The molecule has 0 aliphatic carbocycles. The summed E-state index contributed by atoms with van der Waals surface area (Å²) in [6.45, 7) is 9.25.